The second-order valence-corrected chi connectivity index (χ2v) is 6.36. The molecule has 2 aromatic rings. The van der Waals surface area contributed by atoms with E-state index in [0.29, 0.717) is 10.6 Å². The van der Waals surface area contributed by atoms with Gasteiger partial charge in [-0.3, -0.25) is 0 Å². The van der Waals surface area contributed by atoms with Gasteiger partial charge in [0.25, 0.3) is 14.1 Å². The van der Waals surface area contributed by atoms with Gasteiger partial charge in [0.05, 0.1) is 0 Å². The second kappa shape index (κ2) is 4.49. The van der Waals surface area contributed by atoms with Crippen LogP contribution in [-0.4, -0.2) is 13.6 Å². The zero-order valence-corrected chi connectivity index (χ0v) is 11.1. The number of halogens is 3. The monoisotopic (exact) mass is 311 g/mol. The maximum absolute atomic E-state index is 11.1. The molecule has 0 spiro atoms. The van der Waals surface area contributed by atoms with Crippen LogP contribution >= 0.6 is 33.9 Å². The van der Waals surface area contributed by atoms with Gasteiger partial charge in [0.2, 0.25) is 0 Å². The van der Waals surface area contributed by atoms with Gasteiger partial charge in [-0.25, -0.2) is 8.42 Å². The predicted molar refractivity (Wildman–Crippen MR) is 65.0 cm³/mol. The summed E-state index contributed by atoms with van der Waals surface area (Å²) in [5, 5.41) is 3.39. The minimum absolute atomic E-state index is 0.151. The minimum Gasteiger partial charge on any atom is -0.341 e. The Balaban J connectivity index is 2.55. The summed E-state index contributed by atoms with van der Waals surface area (Å²) in [6, 6.07) is 6.51. The van der Waals surface area contributed by atoms with Crippen molar-refractivity contribution in [1.29, 1.82) is 0 Å². The van der Waals surface area contributed by atoms with Crippen molar-refractivity contribution in [3.63, 3.8) is 0 Å². The number of benzene rings is 1. The maximum atomic E-state index is 11.1. The van der Waals surface area contributed by atoms with Gasteiger partial charge in [-0.1, -0.05) is 40.5 Å². The third-order valence-electron chi connectivity index (χ3n) is 1.95. The number of rotatable bonds is 2. The molecule has 1 aromatic carbocycles. The first-order valence-electron chi connectivity index (χ1n) is 4.25. The normalized spacial score (nSPS) is 11.7. The Kier molecular flexibility index (Phi) is 3.36. The van der Waals surface area contributed by atoms with Crippen molar-refractivity contribution in [2.45, 2.75) is 5.09 Å². The van der Waals surface area contributed by atoms with Crippen molar-refractivity contribution < 1.29 is 12.9 Å². The van der Waals surface area contributed by atoms with E-state index in [9.17, 15) is 8.42 Å². The second-order valence-electron chi connectivity index (χ2n) is 3.08. The predicted octanol–water partition coefficient (Wildman–Crippen LogP) is 3.58. The summed E-state index contributed by atoms with van der Waals surface area (Å²) in [7, 11) is 1.08. The molecule has 4 nitrogen and oxygen atoms in total. The number of hydrogen-bond donors (Lipinski definition) is 0. The van der Waals surface area contributed by atoms with E-state index in [2.05, 4.69) is 9.68 Å². The molecule has 0 aliphatic heterocycles. The lowest BCUT2D eigenvalue weighted by Gasteiger charge is -1.96. The van der Waals surface area contributed by atoms with Gasteiger partial charge in [-0.05, 0) is 12.1 Å². The fourth-order valence-electron chi connectivity index (χ4n) is 1.20. The highest BCUT2D eigenvalue weighted by molar-refractivity contribution is 8.13. The Morgan fingerprint density at radius 2 is 1.71 bits per heavy atom. The summed E-state index contributed by atoms with van der Waals surface area (Å²) >= 11 is 11.6. The third kappa shape index (κ3) is 2.57. The van der Waals surface area contributed by atoms with Crippen molar-refractivity contribution in [1.82, 2.24) is 5.16 Å². The fourth-order valence-corrected chi connectivity index (χ4v) is 2.68. The van der Waals surface area contributed by atoms with Crippen molar-refractivity contribution in [2.75, 3.05) is 0 Å². The molecule has 0 radical (unpaired) electrons. The molecule has 0 saturated heterocycles. The first kappa shape index (κ1) is 12.7. The van der Waals surface area contributed by atoms with Crippen LogP contribution in [0.5, 0.6) is 0 Å². The highest BCUT2D eigenvalue weighted by Gasteiger charge is 2.25. The molecule has 0 N–H and O–H groups in total. The molecule has 1 heterocycles. The standard InChI is InChI=1S/C9H4Cl3NO3S/c10-6-3-1-5(2-4-6)8-7(11)9(16-13-8)17(12,14)15/h1-4H. The Labute approximate surface area is 111 Å². The fraction of sp³-hybridized carbons (Fsp3) is 0. The summed E-state index contributed by atoms with van der Waals surface area (Å²) in [4.78, 5) is 0. The first-order valence-corrected chi connectivity index (χ1v) is 7.32. The number of nitrogens with zero attached hydrogens (tertiary/aromatic N) is 1. The van der Waals surface area contributed by atoms with Crippen molar-refractivity contribution >= 4 is 42.9 Å². The molecule has 0 fully saturated rings. The molecule has 0 bridgehead atoms. The zero-order valence-electron chi connectivity index (χ0n) is 8.02. The molecule has 90 valence electrons. The molecule has 0 aliphatic carbocycles. The van der Waals surface area contributed by atoms with Gasteiger partial charge < -0.3 is 4.52 Å². The molecule has 0 saturated carbocycles. The summed E-state index contributed by atoms with van der Waals surface area (Å²) in [5.74, 6) is 0. The van der Waals surface area contributed by atoms with E-state index >= 15 is 0 Å². The van der Waals surface area contributed by atoms with E-state index in [0.717, 1.165) is 0 Å². The summed E-state index contributed by atoms with van der Waals surface area (Å²) in [6.45, 7) is 0. The van der Waals surface area contributed by atoms with E-state index in [-0.39, 0.29) is 10.7 Å². The summed E-state index contributed by atoms with van der Waals surface area (Å²) < 4.78 is 26.8. The van der Waals surface area contributed by atoms with Gasteiger partial charge >= 0.3 is 0 Å². The molecule has 0 aliphatic rings. The highest BCUT2D eigenvalue weighted by atomic mass is 35.7. The molecule has 1 aromatic heterocycles. The van der Waals surface area contributed by atoms with E-state index in [4.69, 9.17) is 33.9 Å². The van der Waals surface area contributed by atoms with Gasteiger partial charge in [0.15, 0.2) is 0 Å². The molecule has 0 unspecified atom stereocenters. The number of aromatic nitrogens is 1. The smallest absolute Gasteiger partial charge is 0.298 e. The van der Waals surface area contributed by atoms with E-state index in [1.165, 1.54) is 0 Å². The number of hydrogen-bond acceptors (Lipinski definition) is 4. The van der Waals surface area contributed by atoms with Crippen LogP contribution in [0.2, 0.25) is 10.0 Å². The molecular formula is C9H4Cl3NO3S. The van der Waals surface area contributed by atoms with Crippen molar-refractivity contribution in [2.24, 2.45) is 0 Å². The van der Waals surface area contributed by atoms with Crippen LogP contribution in [0, 0.1) is 0 Å². The van der Waals surface area contributed by atoms with Gasteiger partial charge in [0.1, 0.15) is 10.7 Å². The quantitative estimate of drug-likeness (QED) is 0.795. The lowest BCUT2D eigenvalue weighted by Crippen LogP contribution is -1.87. The van der Waals surface area contributed by atoms with Crippen LogP contribution in [0.4, 0.5) is 0 Å². The Bertz CT molecular complexity index is 649. The molecule has 0 amide bonds. The van der Waals surface area contributed by atoms with E-state index in [1.54, 1.807) is 24.3 Å². The molecule has 2 rings (SSSR count). The average Bonchev–Trinajstić information content (AvgIpc) is 2.61. The maximum Gasteiger partial charge on any atom is 0.298 e. The topological polar surface area (TPSA) is 60.2 Å². The van der Waals surface area contributed by atoms with Crippen LogP contribution in [0.25, 0.3) is 11.3 Å². The Hall–Kier alpha value is -0.750. The SMILES string of the molecule is O=S(=O)(Cl)c1onc(-c2ccc(Cl)cc2)c1Cl. The van der Waals surface area contributed by atoms with Crippen molar-refractivity contribution in [3.05, 3.63) is 34.3 Å². The van der Waals surface area contributed by atoms with Crippen LogP contribution in [0.15, 0.2) is 33.9 Å². The molecule has 0 atom stereocenters. The molecule has 8 heteroatoms. The third-order valence-corrected chi connectivity index (χ3v) is 3.80. The molecular weight excluding hydrogens is 309 g/mol. The lowest BCUT2D eigenvalue weighted by atomic mass is 10.2. The van der Waals surface area contributed by atoms with Crippen molar-refractivity contribution in [3.8, 4) is 11.3 Å². The van der Waals surface area contributed by atoms with E-state index < -0.39 is 14.1 Å². The van der Waals surface area contributed by atoms with Gasteiger partial charge in [-0.15, -0.1) is 0 Å². The van der Waals surface area contributed by atoms with Gasteiger partial charge in [0, 0.05) is 21.3 Å². The van der Waals surface area contributed by atoms with Crippen LogP contribution < -0.4 is 0 Å². The minimum atomic E-state index is -4.04. The van der Waals surface area contributed by atoms with Gasteiger partial charge in [-0.2, -0.15) is 0 Å². The van der Waals surface area contributed by atoms with Crippen LogP contribution in [-0.2, 0) is 9.05 Å². The summed E-state index contributed by atoms with van der Waals surface area (Å²) in [6.07, 6.45) is 0. The van der Waals surface area contributed by atoms with Crippen LogP contribution in [0.1, 0.15) is 0 Å². The van der Waals surface area contributed by atoms with Crippen LogP contribution in [0.3, 0.4) is 0 Å². The van der Waals surface area contributed by atoms with E-state index in [1.807, 2.05) is 0 Å². The summed E-state index contributed by atoms with van der Waals surface area (Å²) in [5.41, 5.74) is 0.775. The highest BCUT2D eigenvalue weighted by Crippen LogP contribution is 2.34. The largest absolute Gasteiger partial charge is 0.341 e. The molecule has 17 heavy (non-hydrogen) atoms. The first-order chi connectivity index (χ1) is 7.89. The lowest BCUT2D eigenvalue weighted by molar-refractivity contribution is 0.343. The Morgan fingerprint density at radius 1 is 1.12 bits per heavy atom. The zero-order chi connectivity index (χ0) is 12.6. The Morgan fingerprint density at radius 3 is 2.18 bits per heavy atom. The average molecular weight is 313 g/mol.